The van der Waals surface area contributed by atoms with Crippen molar-refractivity contribution < 1.29 is 14.7 Å². The lowest BCUT2D eigenvalue weighted by molar-refractivity contribution is -0.149. The van der Waals surface area contributed by atoms with Gasteiger partial charge in [0.15, 0.2) is 0 Å². The van der Waals surface area contributed by atoms with Crippen LogP contribution in [0.4, 0.5) is 0 Å². The molecule has 0 unspecified atom stereocenters. The fraction of sp³-hybridized carbons (Fsp3) is 0.438. The van der Waals surface area contributed by atoms with E-state index in [4.69, 9.17) is 0 Å². The van der Waals surface area contributed by atoms with Gasteiger partial charge in [0.05, 0.1) is 5.41 Å². The number of carbonyl (C=O) groups excluding carboxylic acids is 1. The van der Waals surface area contributed by atoms with Crippen molar-refractivity contribution in [3.05, 3.63) is 36.3 Å². The molecule has 3 heterocycles. The first kappa shape index (κ1) is 13.3. The van der Waals surface area contributed by atoms with Crippen molar-refractivity contribution in [1.29, 1.82) is 0 Å². The van der Waals surface area contributed by atoms with E-state index in [0.717, 1.165) is 18.5 Å². The maximum atomic E-state index is 12.7. The highest BCUT2D eigenvalue weighted by Gasteiger charge is 2.55. The summed E-state index contributed by atoms with van der Waals surface area (Å²) in [5.41, 5.74) is 0.361. The van der Waals surface area contributed by atoms with E-state index in [1.807, 2.05) is 24.4 Å². The van der Waals surface area contributed by atoms with Crippen LogP contribution in [0.2, 0.25) is 0 Å². The number of rotatable bonds is 2. The van der Waals surface area contributed by atoms with Crippen LogP contribution < -0.4 is 0 Å². The molecule has 0 spiro atoms. The van der Waals surface area contributed by atoms with Crippen LogP contribution in [0.1, 0.15) is 29.8 Å². The summed E-state index contributed by atoms with van der Waals surface area (Å²) in [5.74, 6) is -0.856. The highest BCUT2D eigenvalue weighted by atomic mass is 16.4. The fourth-order valence-electron chi connectivity index (χ4n) is 3.99. The molecule has 6 nitrogen and oxygen atoms in total. The average Bonchev–Trinajstić information content (AvgIpc) is 3.17. The summed E-state index contributed by atoms with van der Waals surface area (Å²) in [6, 6.07) is 5.59. The Morgan fingerprint density at radius 2 is 2.23 bits per heavy atom. The van der Waals surface area contributed by atoms with Crippen molar-refractivity contribution in [3.63, 3.8) is 0 Å². The van der Waals surface area contributed by atoms with Crippen molar-refractivity contribution in [1.82, 2.24) is 14.3 Å². The molecule has 1 aliphatic carbocycles. The number of carbonyl (C=O) groups is 2. The maximum absolute atomic E-state index is 12.7. The Morgan fingerprint density at radius 3 is 2.95 bits per heavy atom. The molecule has 1 saturated carbocycles. The molecule has 1 N–H and O–H groups in total. The van der Waals surface area contributed by atoms with E-state index < -0.39 is 11.4 Å². The van der Waals surface area contributed by atoms with Gasteiger partial charge in [0.25, 0.3) is 5.91 Å². The zero-order valence-corrected chi connectivity index (χ0v) is 12.1. The van der Waals surface area contributed by atoms with Gasteiger partial charge in [-0.15, -0.1) is 0 Å². The number of aromatic nitrogens is 2. The lowest BCUT2D eigenvalue weighted by atomic mass is 9.81. The summed E-state index contributed by atoms with van der Waals surface area (Å²) in [7, 11) is 0. The molecule has 2 aromatic heterocycles. The number of carboxylic acids is 1. The molecule has 0 aromatic carbocycles. The molecule has 4 rings (SSSR count). The van der Waals surface area contributed by atoms with Gasteiger partial charge in [-0.2, -0.15) is 0 Å². The van der Waals surface area contributed by atoms with E-state index >= 15 is 0 Å². The van der Waals surface area contributed by atoms with Crippen LogP contribution in [-0.2, 0) is 4.79 Å². The fourth-order valence-corrected chi connectivity index (χ4v) is 3.99. The van der Waals surface area contributed by atoms with Crippen molar-refractivity contribution >= 4 is 17.5 Å². The minimum atomic E-state index is -0.764. The standard InChI is InChI=1S/C16H17N3O3/c20-14(12-9-18-7-2-1-5-13(18)17-12)19-8-11-4-3-6-16(11,10-19)15(21)22/h1-2,5,7,9,11H,3-4,6,8,10H2,(H,21,22)/t11-,16+/m0/s1. The number of imidazole rings is 1. The molecule has 1 aliphatic heterocycles. The Bertz CT molecular complexity index is 736. The maximum Gasteiger partial charge on any atom is 0.311 e. The molecule has 2 atom stereocenters. The first-order valence-electron chi connectivity index (χ1n) is 7.56. The minimum absolute atomic E-state index is 0.0750. The molecule has 0 radical (unpaired) electrons. The topological polar surface area (TPSA) is 74.9 Å². The van der Waals surface area contributed by atoms with Gasteiger partial charge in [-0.05, 0) is 30.9 Å². The number of likely N-dealkylation sites (tertiary alicyclic amines) is 1. The third-order valence-corrected chi connectivity index (χ3v) is 5.17. The largest absolute Gasteiger partial charge is 0.481 e. The van der Waals surface area contributed by atoms with Gasteiger partial charge < -0.3 is 14.4 Å². The molecule has 1 amide bonds. The predicted molar refractivity (Wildman–Crippen MR) is 78.5 cm³/mol. The number of nitrogens with zero attached hydrogens (tertiary/aromatic N) is 3. The van der Waals surface area contributed by atoms with Gasteiger partial charge in [-0.3, -0.25) is 9.59 Å². The monoisotopic (exact) mass is 299 g/mol. The van der Waals surface area contributed by atoms with Crippen LogP contribution >= 0.6 is 0 Å². The lowest BCUT2D eigenvalue weighted by Gasteiger charge is -2.22. The van der Waals surface area contributed by atoms with E-state index in [0.29, 0.717) is 25.2 Å². The van der Waals surface area contributed by atoms with E-state index in [2.05, 4.69) is 4.98 Å². The van der Waals surface area contributed by atoms with Gasteiger partial charge in [-0.25, -0.2) is 4.98 Å². The van der Waals surface area contributed by atoms with Crippen LogP contribution in [-0.4, -0.2) is 44.4 Å². The number of hydrogen-bond acceptors (Lipinski definition) is 3. The molecule has 6 heteroatoms. The average molecular weight is 299 g/mol. The first-order chi connectivity index (χ1) is 10.6. The molecule has 114 valence electrons. The Kier molecular flexibility index (Phi) is 2.76. The minimum Gasteiger partial charge on any atom is -0.481 e. The summed E-state index contributed by atoms with van der Waals surface area (Å²) in [6.45, 7) is 0.832. The third kappa shape index (κ3) is 1.76. The molecular weight excluding hydrogens is 282 g/mol. The Labute approximate surface area is 127 Å². The molecule has 2 aliphatic rings. The van der Waals surface area contributed by atoms with Crippen molar-refractivity contribution in [3.8, 4) is 0 Å². The smallest absolute Gasteiger partial charge is 0.311 e. The van der Waals surface area contributed by atoms with Gasteiger partial charge in [-0.1, -0.05) is 12.5 Å². The summed E-state index contributed by atoms with van der Waals surface area (Å²) >= 11 is 0. The van der Waals surface area contributed by atoms with Crippen LogP contribution in [0.15, 0.2) is 30.6 Å². The zero-order chi connectivity index (χ0) is 15.3. The molecular formula is C16H17N3O3. The third-order valence-electron chi connectivity index (χ3n) is 5.17. The van der Waals surface area contributed by atoms with Crippen LogP contribution in [0.5, 0.6) is 0 Å². The van der Waals surface area contributed by atoms with Crippen molar-refractivity contribution in [2.75, 3.05) is 13.1 Å². The number of amides is 1. The van der Waals surface area contributed by atoms with E-state index in [-0.39, 0.29) is 11.8 Å². The second-order valence-corrected chi connectivity index (χ2v) is 6.33. The number of aliphatic carboxylic acids is 1. The highest BCUT2D eigenvalue weighted by Crippen LogP contribution is 2.49. The second-order valence-electron chi connectivity index (χ2n) is 6.33. The number of hydrogen-bond donors (Lipinski definition) is 1. The predicted octanol–water partition coefficient (Wildman–Crippen LogP) is 1.66. The van der Waals surface area contributed by atoms with Gasteiger partial charge in [0, 0.05) is 25.5 Å². The Morgan fingerprint density at radius 1 is 1.36 bits per heavy atom. The van der Waals surface area contributed by atoms with Crippen molar-refractivity contribution in [2.45, 2.75) is 19.3 Å². The number of fused-ring (bicyclic) bond motifs is 2. The lowest BCUT2D eigenvalue weighted by Crippen LogP contribution is -2.37. The number of carboxylic acid groups (broad SMARTS) is 1. The van der Waals surface area contributed by atoms with Crippen LogP contribution in [0.3, 0.4) is 0 Å². The quantitative estimate of drug-likeness (QED) is 0.915. The van der Waals surface area contributed by atoms with Crippen LogP contribution in [0.25, 0.3) is 5.65 Å². The summed E-state index contributed by atoms with van der Waals surface area (Å²) in [4.78, 5) is 30.4. The zero-order valence-electron chi connectivity index (χ0n) is 12.1. The molecule has 0 bridgehead atoms. The van der Waals surface area contributed by atoms with Gasteiger partial charge >= 0.3 is 5.97 Å². The van der Waals surface area contributed by atoms with Crippen LogP contribution in [0, 0.1) is 11.3 Å². The summed E-state index contributed by atoms with van der Waals surface area (Å²) in [5, 5.41) is 9.60. The van der Waals surface area contributed by atoms with Gasteiger partial charge in [0.2, 0.25) is 0 Å². The summed E-state index contributed by atoms with van der Waals surface area (Å²) < 4.78 is 1.80. The molecule has 2 fully saturated rings. The van der Waals surface area contributed by atoms with Gasteiger partial charge in [0.1, 0.15) is 11.3 Å². The van der Waals surface area contributed by atoms with E-state index in [1.54, 1.807) is 15.5 Å². The highest BCUT2D eigenvalue weighted by molar-refractivity contribution is 5.94. The molecule has 1 saturated heterocycles. The second kappa shape index (κ2) is 4.56. The molecule has 2 aromatic rings. The normalized spacial score (nSPS) is 27.3. The molecule has 22 heavy (non-hydrogen) atoms. The SMILES string of the molecule is O=C(c1cn2ccccc2n1)N1C[C@@H]2CCC[C@@]2(C(=O)O)C1. The Balaban J connectivity index is 1.63. The first-order valence-corrected chi connectivity index (χ1v) is 7.56. The van der Waals surface area contributed by atoms with E-state index in [1.165, 1.54) is 0 Å². The van der Waals surface area contributed by atoms with Crippen molar-refractivity contribution in [2.24, 2.45) is 11.3 Å². The van der Waals surface area contributed by atoms with E-state index in [9.17, 15) is 14.7 Å². The Hall–Kier alpha value is -2.37. The number of pyridine rings is 1. The summed E-state index contributed by atoms with van der Waals surface area (Å²) in [6.07, 6.45) is 6.05.